The SMILES string of the molecule is CC12CN(CCN(CC(=O)O)CC(=O)O)CC(C)(CN(CCN(C(=O)O)C(=O)O)C1)C2=O. The summed E-state index contributed by atoms with van der Waals surface area (Å²) in [6.07, 6.45) is -3.11. The molecule has 0 aliphatic carbocycles. The van der Waals surface area contributed by atoms with E-state index in [1.54, 1.807) is 0 Å². The molecule has 2 aliphatic rings. The van der Waals surface area contributed by atoms with E-state index in [2.05, 4.69) is 0 Å². The van der Waals surface area contributed by atoms with Crippen LogP contribution in [0.3, 0.4) is 0 Å². The lowest BCUT2D eigenvalue weighted by Crippen LogP contribution is -2.69. The number of nitrogens with zero attached hydrogens (tertiary/aromatic N) is 4. The lowest BCUT2D eigenvalue weighted by atomic mass is 9.64. The third-order valence-electron chi connectivity index (χ3n) is 5.94. The average molecular weight is 458 g/mol. The Kier molecular flexibility index (Phi) is 7.80. The number of carbonyl (C=O) groups is 5. The summed E-state index contributed by atoms with van der Waals surface area (Å²) < 4.78 is 0. The van der Waals surface area contributed by atoms with E-state index in [-0.39, 0.29) is 25.4 Å². The van der Waals surface area contributed by atoms with E-state index in [1.807, 2.05) is 23.6 Å². The predicted octanol–water partition coefficient (Wildman–Crippen LogP) is -0.671. The topological polar surface area (TPSA) is 179 Å². The third-order valence-corrected chi connectivity index (χ3v) is 5.94. The summed E-state index contributed by atoms with van der Waals surface area (Å²) in [5.74, 6) is -2.16. The van der Waals surface area contributed by atoms with Crippen LogP contribution in [0.25, 0.3) is 0 Å². The highest BCUT2D eigenvalue weighted by atomic mass is 16.4. The van der Waals surface area contributed by atoms with Gasteiger partial charge in [0.2, 0.25) is 0 Å². The van der Waals surface area contributed by atoms with E-state index < -0.39 is 48.0 Å². The molecule has 32 heavy (non-hydrogen) atoms. The Morgan fingerprint density at radius 1 is 0.781 bits per heavy atom. The maximum Gasteiger partial charge on any atom is 0.416 e. The quantitative estimate of drug-likeness (QED) is 0.325. The molecule has 0 aromatic heterocycles. The van der Waals surface area contributed by atoms with Crippen molar-refractivity contribution in [3.8, 4) is 0 Å². The minimum absolute atomic E-state index is 0.0822. The number of hydrogen-bond acceptors (Lipinski definition) is 8. The van der Waals surface area contributed by atoms with Crippen LogP contribution >= 0.6 is 0 Å². The molecule has 13 heteroatoms. The largest absolute Gasteiger partial charge is 0.480 e. The number of ketones is 1. The van der Waals surface area contributed by atoms with Gasteiger partial charge in [0.1, 0.15) is 5.78 Å². The maximum atomic E-state index is 13.1. The molecular formula is C19H30N4O9. The molecule has 2 atom stereocenters. The van der Waals surface area contributed by atoms with Crippen LogP contribution in [0.5, 0.6) is 0 Å². The van der Waals surface area contributed by atoms with Gasteiger partial charge in [-0.1, -0.05) is 13.8 Å². The van der Waals surface area contributed by atoms with Crippen LogP contribution in [0.1, 0.15) is 13.8 Å². The summed E-state index contributed by atoms with van der Waals surface area (Å²) >= 11 is 0. The highest BCUT2D eigenvalue weighted by Gasteiger charge is 2.55. The lowest BCUT2D eigenvalue weighted by molar-refractivity contribution is -0.157. The smallest absolute Gasteiger partial charge is 0.416 e. The number of fused-ring (bicyclic) bond motifs is 2. The summed E-state index contributed by atoms with van der Waals surface area (Å²) in [6, 6.07) is 0. The van der Waals surface area contributed by atoms with Gasteiger partial charge in [0.05, 0.1) is 23.9 Å². The molecule has 0 radical (unpaired) electrons. The van der Waals surface area contributed by atoms with Gasteiger partial charge >= 0.3 is 24.1 Å². The third kappa shape index (κ3) is 6.14. The van der Waals surface area contributed by atoms with E-state index >= 15 is 0 Å². The van der Waals surface area contributed by atoms with Crippen LogP contribution in [-0.2, 0) is 14.4 Å². The first-order valence-electron chi connectivity index (χ1n) is 10.1. The Morgan fingerprint density at radius 2 is 1.16 bits per heavy atom. The molecule has 2 fully saturated rings. The zero-order chi connectivity index (χ0) is 24.3. The fourth-order valence-electron chi connectivity index (χ4n) is 4.91. The summed E-state index contributed by atoms with van der Waals surface area (Å²) in [5.41, 5.74) is -1.54. The van der Waals surface area contributed by atoms with Crippen molar-refractivity contribution < 1.29 is 44.4 Å². The molecule has 2 aliphatic heterocycles. The van der Waals surface area contributed by atoms with Crippen LogP contribution in [0.2, 0.25) is 0 Å². The zero-order valence-corrected chi connectivity index (χ0v) is 18.2. The minimum Gasteiger partial charge on any atom is -0.480 e. The molecule has 2 saturated heterocycles. The second-order valence-corrected chi connectivity index (χ2v) is 9.09. The molecule has 0 aromatic carbocycles. The number of rotatable bonds is 10. The second-order valence-electron chi connectivity index (χ2n) is 9.09. The van der Waals surface area contributed by atoms with E-state index in [1.165, 1.54) is 4.90 Å². The van der Waals surface area contributed by atoms with Gasteiger partial charge in [0, 0.05) is 52.4 Å². The average Bonchev–Trinajstić information content (AvgIpc) is 2.61. The van der Waals surface area contributed by atoms with Crippen molar-refractivity contribution in [3.63, 3.8) is 0 Å². The molecule has 2 heterocycles. The van der Waals surface area contributed by atoms with Crippen molar-refractivity contribution in [2.45, 2.75) is 13.8 Å². The molecule has 2 amide bonds. The van der Waals surface area contributed by atoms with Gasteiger partial charge in [-0.25, -0.2) is 14.5 Å². The van der Waals surface area contributed by atoms with Gasteiger partial charge in [-0.3, -0.25) is 29.1 Å². The minimum atomic E-state index is -1.55. The number of carbonyl (C=O) groups excluding carboxylic acids is 1. The number of piperidine rings is 2. The summed E-state index contributed by atoms with van der Waals surface area (Å²) in [7, 11) is 0. The number of amides is 2. The fraction of sp³-hybridized carbons (Fsp3) is 0.737. The van der Waals surface area contributed by atoms with Crippen molar-refractivity contribution in [1.29, 1.82) is 0 Å². The van der Waals surface area contributed by atoms with Gasteiger partial charge in [0.25, 0.3) is 0 Å². The first-order chi connectivity index (χ1) is 14.8. The maximum absolute atomic E-state index is 13.1. The standard InChI is InChI=1S/C19H30N4O9/c1-18-9-21(4-3-20(7-13(24)25)8-14(26)27)10-19(2,15(18)28)12-22(11-18)5-6-23(16(29)30)17(31)32/h3-12H2,1-2H3,(H,24,25)(H,26,27)(H,29,30)(H,31,32). The van der Waals surface area contributed by atoms with Gasteiger partial charge in [0.15, 0.2) is 0 Å². The van der Waals surface area contributed by atoms with Crippen molar-refractivity contribution in [2.24, 2.45) is 10.8 Å². The Morgan fingerprint density at radius 3 is 1.50 bits per heavy atom. The Balaban J connectivity index is 2.04. The predicted molar refractivity (Wildman–Crippen MR) is 109 cm³/mol. The zero-order valence-electron chi connectivity index (χ0n) is 18.2. The molecule has 0 saturated carbocycles. The van der Waals surface area contributed by atoms with Crippen LogP contribution in [0, 0.1) is 10.8 Å². The van der Waals surface area contributed by atoms with Crippen molar-refractivity contribution in [2.75, 3.05) is 65.4 Å². The number of likely N-dealkylation sites (tertiary alicyclic amines) is 2. The molecule has 180 valence electrons. The van der Waals surface area contributed by atoms with Crippen molar-refractivity contribution >= 4 is 29.9 Å². The summed E-state index contributed by atoms with van der Waals surface area (Å²) in [4.78, 5) is 62.8. The first kappa shape index (κ1) is 25.5. The molecule has 2 rings (SSSR count). The van der Waals surface area contributed by atoms with Crippen molar-refractivity contribution in [1.82, 2.24) is 19.6 Å². The number of hydrogen-bond donors (Lipinski definition) is 4. The number of carboxylic acids is 2. The monoisotopic (exact) mass is 458 g/mol. The molecule has 2 bridgehead atoms. The Hall–Kier alpha value is -2.77. The van der Waals surface area contributed by atoms with Gasteiger partial charge in [-0.05, 0) is 0 Å². The van der Waals surface area contributed by atoms with Crippen LogP contribution in [0.4, 0.5) is 9.59 Å². The number of carboxylic acid groups (broad SMARTS) is 4. The highest BCUT2D eigenvalue weighted by Crippen LogP contribution is 2.42. The van der Waals surface area contributed by atoms with Gasteiger partial charge in [-0.15, -0.1) is 0 Å². The van der Waals surface area contributed by atoms with E-state index in [0.717, 1.165) is 0 Å². The number of aliphatic carboxylic acids is 2. The number of imide groups is 1. The molecule has 13 nitrogen and oxygen atoms in total. The molecule has 4 N–H and O–H groups in total. The Bertz CT molecular complexity index is 737. The first-order valence-corrected chi connectivity index (χ1v) is 10.1. The van der Waals surface area contributed by atoms with E-state index in [9.17, 15) is 24.0 Å². The van der Waals surface area contributed by atoms with E-state index in [4.69, 9.17) is 20.4 Å². The van der Waals surface area contributed by atoms with Crippen molar-refractivity contribution in [3.05, 3.63) is 0 Å². The van der Waals surface area contributed by atoms with Gasteiger partial charge in [-0.2, -0.15) is 0 Å². The highest BCUT2D eigenvalue weighted by molar-refractivity contribution is 5.92. The fourth-order valence-corrected chi connectivity index (χ4v) is 4.91. The van der Waals surface area contributed by atoms with Crippen LogP contribution in [-0.4, -0.2) is 135 Å². The molecule has 0 aromatic rings. The summed E-state index contributed by atoms with van der Waals surface area (Å²) in [6.45, 7) is 4.80. The lowest BCUT2D eigenvalue weighted by Gasteiger charge is -2.55. The molecular weight excluding hydrogens is 428 g/mol. The molecule has 2 unspecified atom stereocenters. The second kappa shape index (κ2) is 9.79. The molecule has 0 spiro atoms. The Labute approximate surface area is 184 Å². The van der Waals surface area contributed by atoms with E-state index in [0.29, 0.717) is 37.6 Å². The van der Waals surface area contributed by atoms with Gasteiger partial charge < -0.3 is 20.4 Å². The van der Waals surface area contributed by atoms with Crippen LogP contribution in [0.15, 0.2) is 0 Å². The number of Topliss-reactive ketones (excluding diaryl/α,β-unsaturated/α-hetero) is 1. The summed E-state index contributed by atoms with van der Waals surface area (Å²) in [5, 5.41) is 36.0. The normalized spacial score (nSPS) is 26.2. The van der Waals surface area contributed by atoms with Crippen LogP contribution < -0.4 is 0 Å².